The first-order valence-electron chi connectivity index (χ1n) is 8.59. The van der Waals surface area contributed by atoms with Gasteiger partial charge in [0.05, 0.1) is 31.1 Å². The Morgan fingerprint density at radius 3 is 2.85 bits per heavy atom. The Morgan fingerprint density at radius 2 is 2.15 bits per heavy atom. The van der Waals surface area contributed by atoms with Crippen molar-refractivity contribution in [2.45, 2.75) is 12.5 Å². The molecule has 1 aliphatic heterocycles. The van der Waals surface area contributed by atoms with E-state index in [1.54, 1.807) is 18.3 Å². The molecule has 27 heavy (non-hydrogen) atoms. The molecule has 2 atom stereocenters. The SMILES string of the molecule is CS(=O)(=O)N[C@H]1CCOC[C@@H]1COc1ccc(-c2ccccc2C#N)cn1. The van der Waals surface area contributed by atoms with Crippen LogP contribution in [0.4, 0.5) is 0 Å². The van der Waals surface area contributed by atoms with Crippen LogP contribution in [0.5, 0.6) is 5.88 Å². The molecule has 2 heterocycles. The van der Waals surface area contributed by atoms with Crippen molar-refractivity contribution in [3.63, 3.8) is 0 Å². The van der Waals surface area contributed by atoms with Crippen molar-refractivity contribution in [3.8, 4) is 23.1 Å². The van der Waals surface area contributed by atoms with Crippen LogP contribution in [0, 0.1) is 17.2 Å². The molecule has 7 nitrogen and oxygen atoms in total. The predicted octanol–water partition coefficient (Wildman–Crippen LogP) is 1.95. The van der Waals surface area contributed by atoms with Crippen LogP contribution in [0.25, 0.3) is 11.1 Å². The van der Waals surface area contributed by atoms with E-state index in [0.29, 0.717) is 37.7 Å². The number of aromatic nitrogens is 1. The third kappa shape index (κ3) is 5.26. The summed E-state index contributed by atoms with van der Waals surface area (Å²) >= 11 is 0. The monoisotopic (exact) mass is 387 g/mol. The van der Waals surface area contributed by atoms with Gasteiger partial charge in [0.2, 0.25) is 15.9 Å². The maximum Gasteiger partial charge on any atom is 0.213 e. The third-order valence-corrected chi connectivity index (χ3v) is 5.11. The maximum absolute atomic E-state index is 11.5. The van der Waals surface area contributed by atoms with Crippen LogP contribution in [0.2, 0.25) is 0 Å². The average molecular weight is 387 g/mol. The standard InChI is InChI=1S/C19H21N3O4S/c1-27(23,24)22-18-8-9-25-12-16(18)13-26-19-7-6-15(11-21-19)17-5-3-2-4-14(17)10-20/h2-7,11,16,18,22H,8-9,12-13H2,1H3/t16-,18+/m1/s1. The zero-order chi connectivity index (χ0) is 19.3. The highest BCUT2D eigenvalue weighted by Crippen LogP contribution is 2.24. The summed E-state index contributed by atoms with van der Waals surface area (Å²) in [6, 6.07) is 12.9. The number of rotatable bonds is 6. The highest BCUT2D eigenvalue weighted by molar-refractivity contribution is 7.88. The summed E-state index contributed by atoms with van der Waals surface area (Å²) in [5, 5.41) is 9.21. The first kappa shape index (κ1) is 19.3. The lowest BCUT2D eigenvalue weighted by Gasteiger charge is -2.31. The average Bonchev–Trinajstić information content (AvgIpc) is 2.66. The van der Waals surface area contributed by atoms with Crippen LogP contribution in [0.1, 0.15) is 12.0 Å². The van der Waals surface area contributed by atoms with Crippen molar-refractivity contribution in [3.05, 3.63) is 48.2 Å². The Labute approximate surface area is 159 Å². The summed E-state index contributed by atoms with van der Waals surface area (Å²) in [5.41, 5.74) is 2.23. The van der Waals surface area contributed by atoms with Gasteiger partial charge in [0.15, 0.2) is 0 Å². The second-order valence-electron chi connectivity index (χ2n) is 6.47. The van der Waals surface area contributed by atoms with Crippen molar-refractivity contribution < 1.29 is 17.9 Å². The van der Waals surface area contributed by atoms with Gasteiger partial charge in [-0.25, -0.2) is 18.1 Å². The molecule has 0 aliphatic carbocycles. The lowest BCUT2D eigenvalue weighted by atomic mass is 9.98. The molecule has 0 bridgehead atoms. The Hall–Kier alpha value is -2.47. The lowest BCUT2D eigenvalue weighted by Crippen LogP contribution is -2.47. The van der Waals surface area contributed by atoms with E-state index in [1.165, 1.54) is 0 Å². The van der Waals surface area contributed by atoms with E-state index in [4.69, 9.17) is 9.47 Å². The van der Waals surface area contributed by atoms with Gasteiger partial charge >= 0.3 is 0 Å². The van der Waals surface area contributed by atoms with E-state index in [1.807, 2.05) is 24.3 Å². The fraction of sp³-hybridized carbons (Fsp3) is 0.368. The van der Waals surface area contributed by atoms with Crippen LogP contribution in [-0.4, -0.2) is 45.5 Å². The number of ether oxygens (including phenoxy) is 2. The Bertz CT molecular complexity index is 923. The molecule has 0 spiro atoms. The molecular weight excluding hydrogens is 366 g/mol. The van der Waals surface area contributed by atoms with E-state index < -0.39 is 10.0 Å². The van der Waals surface area contributed by atoms with E-state index in [9.17, 15) is 13.7 Å². The van der Waals surface area contributed by atoms with Gasteiger partial charge < -0.3 is 9.47 Å². The molecular formula is C19H21N3O4S. The zero-order valence-electron chi connectivity index (χ0n) is 15.0. The molecule has 1 fully saturated rings. The van der Waals surface area contributed by atoms with Crippen molar-refractivity contribution in [2.24, 2.45) is 5.92 Å². The molecule has 1 saturated heterocycles. The molecule has 0 saturated carbocycles. The molecule has 1 aliphatic rings. The number of nitrogens with zero attached hydrogens (tertiary/aromatic N) is 2. The summed E-state index contributed by atoms with van der Waals surface area (Å²) in [6.07, 6.45) is 3.42. The van der Waals surface area contributed by atoms with E-state index in [-0.39, 0.29) is 12.0 Å². The predicted molar refractivity (Wildman–Crippen MR) is 101 cm³/mol. The summed E-state index contributed by atoms with van der Waals surface area (Å²) in [5.74, 6) is 0.353. The molecule has 2 aromatic rings. The van der Waals surface area contributed by atoms with Crippen molar-refractivity contribution in [1.82, 2.24) is 9.71 Å². The van der Waals surface area contributed by atoms with Gasteiger partial charge in [0.1, 0.15) is 0 Å². The first-order chi connectivity index (χ1) is 13.0. The second-order valence-corrected chi connectivity index (χ2v) is 8.25. The Morgan fingerprint density at radius 1 is 1.33 bits per heavy atom. The molecule has 1 N–H and O–H groups in total. The molecule has 8 heteroatoms. The van der Waals surface area contributed by atoms with Crippen LogP contribution in [0.3, 0.4) is 0 Å². The fourth-order valence-corrected chi connectivity index (χ4v) is 3.90. The van der Waals surface area contributed by atoms with Crippen LogP contribution < -0.4 is 9.46 Å². The fourth-order valence-electron chi connectivity index (χ4n) is 3.04. The Balaban J connectivity index is 1.65. The second kappa shape index (κ2) is 8.48. The molecule has 0 radical (unpaired) electrons. The van der Waals surface area contributed by atoms with Crippen molar-refractivity contribution in [1.29, 1.82) is 5.26 Å². The van der Waals surface area contributed by atoms with Gasteiger partial charge in [-0.1, -0.05) is 18.2 Å². The van der Waals surface area contributed by atoms with E-state index >= 15 is 0 Å². The lowest BCUT2D eigenvalue weighted by molar-refractivity contribution is 0.0180. The zero-order valence-corrected chi connectivity index (χ0v) is 15.8. The topological polar surface area (TPSA) is 101 Å². The number of pyridine rings is 1. The normalized spacial score (nSPS) is 20.0. The van der Waals surface area contributed by atoms with Gasteiger partial charge in [0, 0.05) is 42.0 Å². The van der Waals surface area contributed by atoms with E-state index in [2.05, 4.69) is 15.8 Å². The van der Waals surface area contributed by atoms with Gasteiger partial charge in [-0.3, -0.25) is 0 Å². The van der Waals surface area contributed by atoms with Gasteiger partial charge in [0.25, 0.3) is 0 Å². The summed E-state index contributed by atoms with van der Waals surface area (Å²) in [4.78, 5) is 4.30. The molecule has 142 valence electrons. The number of benzene rings is 1. The maximum atomic E-state index is 11.5. The van der Waals surface area contributed by atoms with E-state index in [0.717, 1.165) is 17.4 Å². The van der Waals surface area contributed by atoms with Crippen LogP contribution >= 0.6 is 0 Å². The quantitative estimate of drug-likeness (QED) is 0.813. The highest BCUT2D eigenvalue weighted by Gasteiger charge is 2.28. The van der Waals surface area contributed by atoms with Gasteiger partial charge in [-0.05, 0) is 18.6 Å². The minimum Gasteiger partial charge on any atom is -0.477 e. The summed E-state index contributed by atoms with van der Waals surface area (Å²) in [7, 11) is -3.29. The number of hydrogen-bond acceptors (Lipinski definition) is 6. The summed E-state index contributed by atoms with van der Waals surface area (Å²) < 4.78 is 36.9. The minimum atomic E-state index is -3.29. The number of sulfonamides is 1. The summed E-state index contributed by atoms with van der Waals surface area (Å²) in [6.45, 7) is 1.25. The number of nitriles is 1. The molecule has 0 unspecified atom stereocenters. The largest absolute Gasteiger partial charge is 0.477 e. The third-order valence-electron chi connectivity index (χ3n) is 4.38. The van der Waals surface area contributed by atoms with Crippen LogP contribution in [0.15, 0.2) is 42.6 Å². The smallest absolute Gasteiger partial charge is 0.213 e. The Kier molecular flexibility index (Phi) is 6.06. The van der Waals surface area contributed by atoms with Crippen molar-refractivity contribution >= 4 is 10.0 Å². The highest BCUT2D eigenvalue weighted by atomic mass is 32.2. The molecule has 3 rings (SSSR count). The minimum absolute atomic E-state index is 0.0886. The van der Waals surface area contributed by atoms with Crippen molar-refractivity contribution in [2.75, 3.05) is 26.1 Å². The molecule has 1 aromatic heterocycles. The number of hydrogen-bond donors (Lipinski definition) is 1. The van der Waals surface area contributed by atoms with Gasteiger partial charge in [-0.2, -0.15) is 5.26 Å². The molecule has 1 aromatic carbocycles. The first-order valence-corrected chi connectivity index (χ1v) is 10.5. The number of nitrogens with one attached hydrogen (secondary N) is 1. The van der Waals surface area contributed by atoms with Gasteiger partial charge in [-0.15, -0.1) is 0 Å². The molecule has 0 amide bonds. The van der Waals surface area contributed by atoms with Crippen LogP contribution in [-0.2, 0) is 14.8 Å².